The van der Waals surface area contributed by atoms with Crippen molar-refractivity contribution in [3.63, 3.8) is 0 Å². The van der Waals surface area contributed by atoms with Gasteiger partial charge in [0.1, 0.15) is 5.82 Å². The molecule has 148 valence electrons. The lowest BCUT2D eigenvalue weighted by Gasteiger charge is -2.13. The Kier molecular flexibility index (Phi) is 7.39. The molecule has 4 nitrogen and oxygen atoms in total. The number of nitrogens with one attached hydrogen (secondary N) is 1. The van der Waals surface area contributed by atoms with E-state index < -0.39 is 0 Å². The van der Waals surface area contributed by atoms with Crippen LogP contribution in [0.3, 0.4) is 0 Å². The van der Waals surface area contributed by atoms with Crippen LogP contribution in [0.5, 0.6) is 0 Å². The smallest absolute Gasteiger partial charge is 0.230 e. The fourth-order valence-corrected chi connectivity index (χ4v) is 4.53. The maximum Gasteiger partial charge on any atom is 0.230 e. The SMILES string of the molecule is CC(CC#N)Sc1ccccc1NC(=O)Cc1csc(Cc2ccc(F)cc2)n1. The fraction of sp³-hybridized carbons (Fsp3) is 0.227. The molecule has 0 aliphatic carbocycles. The monoisotopic (exact) mass is 425 g/mol. The first-order chi connectivity index (χ1) is 14.0. The number of nitrogens with zero attached hydrogens (tertiary/aromatic N) is 2. The molecule has 0 bridgehead atoms. The summed E-state index contributed by atoms with van der Waals surface area (Å²) in [6.07, 6.45) is 1.25. The number of hydrogen-bond acceptors (Lipinski definition) is 5. The first-order valence-electron chi connectivity index (χ1n) is 9.13. The van der Waals surface area contributed by atoms with Crippen LogP contribution in [0.25, 0.3) is 0 Å². The molecule has 0 saturated carbocycles. The van der Waals surface area contributed by atoms with Gasteiger partial charge in [-0.3, -0.25) is 4.79 Å². The molecule has 1 unspecified atom stereocenters. The molecule has 0 spiro atoms. The Bertz CT molecular complexity index is 1010. The van der Waals surface area contributed by atoms with Crippen molar-refractivity contribution in [2.45, 2.75) is 36.3 Å². The lowest BCUT2D eigenvalue weighted by atomic mass is 10.1. The first kappa shape index (κ1) is 21.0. The molecule has 1 atom stereocenters. The summed E-state index contributed by atoms with van der Waals surface area (Å²) in [5, 5.41) is 14.7. The second-order valence-electron chi connectivity index (χ2n) is 6.55. The maximum atomic E-state index is 13.0. The van der Waals surface area contributed by atoms with Gasteiger partial charge in [0.15, 0.2) is 0 Å². The topological polar surface area (TPSA) is 65.8 Å². The zero-order valence-corrected chi connectivity index (χ0v) is 17.5. The Hall–Kier alpha value is -2.69. The minimum Gasteiger partial charge on any atom is -0.325 e. The molecule has 0 radical (unpaired) electrons. The minimum atomic E-state index is -0.259. The third-order valence-corrected chi connectivity index (χ3v) is 6.15. The number of nitriles is 1. The molecule has 3 rings (SSSR count). The lowest BCUT2D eigenvalue weighted by Crippen LogP contribution is -2.15. The predicted molar refractivity (Wildman–Crippen MR) is 116 cm³/mol. The van der Waals surface area contributed by atoms with Crippen LogP contribution in [0.4, 0.5) is 10.1 Å². The van der Waals surface area contributed by atoms with Gasteiger partial charge in [-0.15, -0.1) is 23.1 Å². The number of para-hydroxylation sites is 1. The van der Waals surface area contributed by atoms with Crippen LogP contribution in [-0.2, 0) is 17.6 Å². The molecule has 0 saturated heterocycles. The second kappa shape index (κ2) is 10.2. The number of amides is 1. The van der Waals surface area contributed by atoms with E-state index in [1.54, 1.807) is 23.9 Å². The molecule has 1 N–H and O–H groups in total. The summed E-state index contributed by atoms with van der Waals surface area (Å²) in [6.45, 7) is 1.99. The number of carbonyl (C=O) groups is 1. The fourth-order valence-electron chi connectivity index (χ4n) is 2.71. The molecule has 1 amide bonds. The summed E-state index contributed by atoms with van der Waals surface area (Å²) in [6, 6.07) is 16.1. The van der Waals surface area contributed by atoms with Crippen LogP contribution in [-0.4, -0.2) is 16.1 Å². The van der Waals surface area contributed by atoms with Crippen LogP contribution in [0, 0.1) is 17.1 Å². The zero-order valence-electron chi connectivity index (χ0n) is 15.9. The summed E-state index contributed by atoms with van der Waals surface area (Å²) in [7, 11) is 0. The van der Waals surface area contributed by atoms with E-state index in [2.05, 4.69) is 16.4 Å². The highest BCUT2D eigenvalue weighted by Crippen LogP contribution is 2.31. The number of aromatic nitrogens is 1. The Labute approximate surface area is 177 Å². The van der Waals surface area contributed by atoms with Gasteiger partial charge >= 0.3 is 0 Å². The van der Waals surface area contributed by atoms with Crippen molar-refractivity contribution in [1.82, 2.24) is 4.98 Å². The highest BCUT2D eigenvalue weighted by atomic mass is 32.2. The lowest BCUT2D eigenvalue weighted by molar-refractivity contribution is -0.115. The van der Waals surface area contributed by atoms with Crippen molar-refractivity contribution in [3.05, 3.63) is 76.0 Å². The standard InChI is InChI=1S/C22H20FN3OS2/c1-15(10-11-24)29-20-5-3-2-4-19(20)26-21(27)13-18-14-28-22(25-18)12-16-6-8-17(23)9-7-16/h2-9,14-15H,10,12-13H2,1H3,(H,26,27). The van der Waals surface area contributed by atoms with Gasteiger partial charge in [0, 0.05) is 28.4 Å². The normalized spacial score (nSPS) is 11.6. The van der Waals surface area contributed by atoms with Crippen molar-refractivity contribution in [3.8, 4) is 6.07 Å². The Morgan fingerprint density at radius 2 is 2.03 bits per heavy atom. The van der Waals surface area contributed by atoms with Gasteiger partial charge < -0.3 is 5.32 Å². The van der Waals surface area contributed by atoms with Crippen molar-refractivity contribution in [2.75, 3.05) is 5.32 Å². The summed E-state index contributed by atoms with van der Waals surface area (Å²) >= 11 is 3.07. The predicted octanol–water partition coefficient (Wildman–Crippen LogP) is 5.45. The van der Waals surface area contributed by atoms with Crippen molar-refractivity contribution < 1.29 is 9.18 Å². The van der Waals surface area contributed by atoms with E-state index in [0.717, 1.165) is 21.2 Å². The Balaban J connectivity index is 1.60. The van der Waals surface area contributed by atoms with Crippen molar-refractivity contribution in [1.29, 1.82) is 5.26 Å². The number of rotatable bonds is 8. The van der Waals surface area contributed by atoms with E-state index in [1.165, 1.54) is 23.5 Å². The molecule has 1 aromatic heterocycles. The Morgan fingerprint density at radius 1 is 1.28 bits per heavy atom. The number of thioether (sulfide) groups is 1. The molecule has 29 heavy (non-hydrogen) atoms. The van der Waals surface area contributed by atoms with E-state index in [-0.39, 0.29) is 23.4 Å². The number of hydrogen-bond donors (Lipinski definition) is 1. The number of benzene rings is 2. The zero-order chi connectivity index (χ0) is 20.6. The third kappa shape index (κ3) is 6.41. The average molecular weight is 426 g/mol. The van der Waals surface area contributed by atoms with E-state index in [4.69, 9.17) is 5.26 Å². The molecular formula is C22H20FN3OS2. The van der Waals surface area contributed by atoms with Crippen molar-refractivity contribution >= 4 is 34.7 Å². The van der Waals surface area contributed by atoms with Gasteiger partial charge in [0.05, 0.1) is 28.9 Å². The van der Waals surface area contributed by atoms with E-state index in [9.17, 15) is 9.18 Å². The molecule has 1 heterocycles. The molecule has 3 aromatic rings. The number of halogens is 1. The molecule has 0 aliphatic heterocycles. The highest BCUT2D eigenvalue weighted by molar-refractivity contribution is 8.00. The summed E-state index contributed by atoms with van der Waals surface area (Å²) in [4.78, 5) is 18.0. The molecule has 0 aliphatic rings. The minimum absolute atomic E-state index is 0.135. The van der Waals surface area contributed by atoms with Gasteiger partial charge in [0.25, 0.3) is 0 Å². The number of carbonyl (C=O) groups excluding carboxylic acids is 1. The quantitative estimate of drug-likeness (QED) is 0.488. The van der Waals surface area contributed by atoms with Gasteiger partial charge in [-0.25, -0.2) is 9.37 Å². The molecule has 7 heteroatoms. The number of anilines is 1. The molecule has 0 fully saturated rings. The number of thiazole rings is 1. The summed E-state index contributed by atoms with van der Waals surface area (Å²) < 4.78 is 13.0. The van der Waals surface area contributed by atoms with Crippen LogP contribution in [0.1, 0.15) is 29.6 Å². The largest absolute Gasteiger partial charge is 0.325 e. The summed E-state index contributed by atoms with van der Waals surface area (Å²) in [5.74, 6) is -0.393. The van der Waals surface area contributed by atoms with Crippen LogP contribution in [0.2, 0.25) is 0 Å². The maximum absolute atomic E-state index is 13.0. The van der Waals surface area contributed by atoms with E-state index in [1.807, 2.05) is 36.6 Å². The van der Waals surface area contributed by atoms with Crippen LogP contribution in [0.15, 0.2) is 58.8 Å². The summed E-state index contributed by atoms with van der Waals surface area (Å²) in [5.41, 5.74) is 2.44. The molecule has 2 aromatic carbocycles. The first-order valence-corrected chi connectivity index (χ1v) is 10.9. The van der Waals surface area contributed by atoms with E-state index in [0.29, 0.717) is 18.5 Å². The van der Waals surface area contributed by atoms with Gasteiger partial charge in [-0.05, 0) is 29.8 Å². The van der Waals surface area contributed by atoms with Crippen LogP contribution >= 0.6 is 23.1 Å². The van der Waals surface area contributed by atoms with Gasteiger partial charge in [-0.1, -0.05) is 31.2 Å². The molecular weight excluding hydrogens is 405 g/mol. The van der Waals surface area contributed by atoms with Crippen molar-refractivity contribution in [2.24, 2.45) is 0 Å². The van der Waals surface area contributed by atoms with Gasteiger partial charge in [0.2, 0.25) is 5.91 Å². The highest BCUT2D eigenvalue weighted by Gasteiger charge is 2.13. The van der Waals surface area contributed by atoms with Gasteiger partial charge in [-0.2, -0.15) is 5.26 Å². The average Bonchev–Trinajstić information content (AvgIpc) is 3.12. The van der Waals surface area contributed by atoms with E-state index >= 15 is 0 Å². The van der Waals surface area contributed by atoms with Crippen LogP contribution < -0.4 is 5.32 Å². The second-order valence-corrected chi connectivity index (χ2v) is 8.97. The third-order valence-electron chi connectivity index (χ3n) is 4.08. The Morgan fingerprint density at radius 3 is 2.79 bits per heavy atom.